The van der Waals surface area contributed by atoms with Gasteiger partial charge in [-0.25, -0.2) is 9.80 Å². The molecule has 156 valence electrons. The van der Waals surface area contributed by atoms with Crippen LogP contribution >= 0.6 is 23.2 Å². The van der Waals surface area contributed by atoms with E-state index in [1.807, 2.05) is 0 Å². The van der Waals surface area contributed by atoms with Crippen molar-refractivity contribution in [1.29, 1.82) is 0 Å². The van der Waals surface area contributed by atoms with Gasteiger partial charge in [0.1, 0.15) is 17.1 Å². The molecule has 0 radical (unpaired) electrons. The predicted octanol–water partition coefficient (Wildman–Crippen LogP) is 4.50. The van der Waals surface area contributed by atoms with E-state index in [1.54, 1.807) is 30.3 Å². The number of carbonyl (C=O) groups is 3. The summed E-state index contributed by atoms with van der Waals surface area (Å²) in [5, 5.41) is 1.90. The third-order valence-electron chi connectivity index (χ3n) is 4.56. The molecule has 3 aromatic rings. The van der Waals surface area contributed by atoms with Crippen LogP contribution in [-0.2, 0) is 14.3 Å². The number of benzene rings is 2. The second-order valence-corrected chi connectivity index (χ2v) is 7.32. The molecule has 0 saturated carbocycles. The highest BCUT2D eigenvalue weighted by Gasteiger charge is 2.34. The third kappa shape index (κ3) is 4.05. The second kappa shape index (κ2) is 8.29. The smallest absolute Gasteiger partial charge is 0.337 e. The minimum atomic E-state index is -0.575. The molecule has 31 heavy (non-hydrogen) atoms. The first kappa shape index (κ1) is 20.7. The number of halogens is 2. The zero-order chi connectivity index (χ0) is 22.1. The Kier molecular flexibility index (Phi) is 5.54. The number of amides is 2. The van der Waals surface area contributed by atoms with Crippen LogP contribution in [0.15, 0.2) is 64.6 Å². The van der Waals surface area contributed by atoms with Gasteiger partial charge in [-0.2, -0.15) is 0 Å². The Bertz CT molecular complexity index is 1230. The Hall–Kier alpha value is -3.55. The predicted molar refractivity (Wildman–Crippen MR) is 116 cm³/mol. The van der Waals surface area contributed by atoms with Crippen LogP contribution in [-0.4, -0.2) is 24.9 Å². The Labute approximate surface area is 186 Å². The summed E-state index contributed by atoms with van der Waals surface area (Å²) in [5.74, 6) is -0.800. The van der Waals surface area contributed by atoms with Gasteiger partial charge in [-0.1, -0.05) is 23.2 Å². The fourth-order valence-electron chi connectivity index (χ4n) is 2.98. The molecule has 1 aromatic heterocycles. The highest BCUT2D eigenvalue weighted by atomic mass is 35.5. The third-order valence-corrected chi connectivity index (χ3v) is 5.29. The molecular weight excluding hydrogens is 443 g/mol. The zero-order valence-electron chi connectivity index (χ0n) is 16.0. The van der Waals surface area contributed by atoms with Crippen molar-refractivity contribution >= 4 is 52.7 Å². The molecule has 1 aliphatic heterocycles. The SMILES string of the molecule is COC(=O)c1ccc(N2NC(=O)C(=Cc3ccc(-c4ccc(Cl)c(Cl)c4)o3)C2=O)cc1. The first-order valence-corrected chi connectivity index (χ1v) is 9.74. The van der Waals surface area contributed by atoms with Crippen LogP contribution in [0, 0.1) is 0 Å². The summed E-state index contributed by atoms with van der Waals surface area (Å²) in [6.45, 7) is 0. The first-order valence-electron chi connectivity index (χ1n) is 8.98. The molecule has 0 unspecified atom stereocenters. The molecule has 0 atom stereocenters. The van der Waals surface area contributed by atoms with Gasteiger partial charge in [0.05, 0.1) is 28.4 Å². The van der Waals surface area contributed by atoms with Crippen LogP contribution in [0.2, 0.25) is 10.0 Å². The van der Waals surface area contributed by atoms with Crippen molar-refractivity contribution in [2.75, 3.05) is 12.1 Å². The average molecular weight is 457 g/mol. The van der Waals surface area contributed by atoms with Crippen molar-refractivity contribution in [3.8, 4) is 11.3 Å². The molecule has 0 spiro atoms. The van der Waals surface area contributed by atoms with E-state index in [1.165, 1.54) is 37.5 Å². The van der Waals surface area contributed by atoms with Gasteiger partial charge in [0, 0.05) is 5.56 Å². The fourth-order valence-corrected chi connectivity index (χ4v) is 3.28. The van der Waals surface area contributed by atoms with E-state index in [-0.39, 0.29) is 5.57 Å². The van der Waals surface area contributed by atoms with E-state index in [2.05, 4.69) is 10.2 Å². The maximum absolute atomic E-state index is 12.8. The van der Waals surface area contributed by atoms with Crippen LogP contribution in [0.3, 0.4) is 0 Å². The van der Waals surface area contributed by atoms with Gasteiger partial charge >= 0.3 is 5.97 Å². The number of esters is 1. The molecule has 1 saturated heterocycles. The lowest BCUT2D eigenvalue weighted by molar-refractivity contribution is -0.117. The quantitative estimate of drug-likeness (QED) is 0.354. The van der Waals surface area contributed by atoms with Gasteiger partial charge < -0.3 is 9.15 Å². The lowest BCUT2D eigenvalue weighted by Gasteiger charge is -2.14. The number of rotatable bonds is 4. The number of hydrogen-bond donors (Lipinski definition) is 1. The van der Waals surface area contributed by atoms with E-state index in [9.17, 15) is 14.4 Å². The molecular formula is C22H14Cl2N2O5. The van der Waals surface area contributed by atoms with Crippen molar-refractivity contribution in [2.24, 2.45) is 0 Å². The largest absolute Gasteiger partial charge is 0.465 e. The highest BCUT2D eigenvalue weighted by Crippen LogP contribution is 2.30. The Morgan fingerprint density at radius 3 is 2.45 bits per heavy atom. The van der Waals surface area contributed by atoms with Crippen molar-refractivity contribution in [3.63, 3.8) is 0 Å². The number of hydrogen-bond acceptors (Lipinski definition) is 5. The minimum Gasteiger partial charge on any atom is -0.465 e. The van der Waals surface area contributed by atoms with Crippen molar-refractivity contribution in [2.45, 2.75) is 0 Å². The maximum atomic E-state index is 12.8. The number of hydrazine groups is 1. The lowest BCUT2D eigenvalue weighted by Crippen LogP contribution is -2.35. The number of ether oxygens (including phenoxy) is 1. The van der Waals surface area contributed by atoms with Gasteiger partial charge in [0.15, 0.2) is 0 Å². The standard InChI is InChI=1S/C22H14Cl2N2O5/c1-30-22(29)12-2-5-14(6-3-12)26-21(28)16(20(27)25-26)11-15-7-9-19(31-15)13-4-8-17(23)18(24)10-13/h2-11H,1H3,(H,25,27). The van der Waals surface area contributed by atoms with E-state index in [4.69, 9.17) is 27.6 Å². The summed E-state index contributed by atoms with van der Waals surface area (Å²) in [5.41, 5.74) is 3.82. The summed E-state index contributed by atoms with van der Waals surface area (Å²) in [6, 6.07) is 14.5. The summed E-state index contributed by atoms with van der Waals surface area (Å²) in [4.78, 5) is 36.7. The van der Waals surface area contributed by atoms with E-state index >= 15 is 0 Å². The normalized spacial score (nSPS) is 14.8. The molecule has 0 bridgehead atoms. The van der Waals surface area contributed by atoms with Gasteiger partial charge in [0.2, 0.25) is 0 Å². The van der Waals surface area contributed by atoms with Crippen molar-refractivity contribution < 1.29 is 23.5 Å². The molecule has 2 heterocycles. The number of nitrogens with zero attached hydrogens (tertiary/aromatic N) is 1. The molecule has 2 amide bonds. The van der Waals surface area contributed by atoms with Crippen molar-refractivity contribution in [3.05, 3.63) is 81.5 Å². The molecule has 1 aliphatic rings. The fraction of sp³-hybridized carbons (Fsp3) is 0.0455. The van der Waals surface area contributed by atoms with Crippen LogP contribution in [0.1, 0.15) is 16.1 Å². The molecule has 1 fully saturated rings. The maximum Gasteiger partial charge on any atom is 0.337 e. The topological polar surface area (TPSA) is 88.8 Å². The monoisotopic (exact) mass is 456 g/mol. The molecule has 7 nitrogen and oxygen atoms in total. The number of furan rings is 1. The van der Waals surface area contributed by atoms with Gasteiger partial charge in [0.25, 0.3) is 11.8 Å². The van der Waals surface area contributed by atoms with Crippen LogP contribution < -0.4 is 10.4 Å². The molecule has 2 aromatic carbocycles. The van der Waals surface area contributed by atoms with Gasteiger partial charge in [-0.3, -0.25) is 15.0 Å². The Balaban J connectivity index is 1.57. The van der Waals surface area contributed by atoms with Gasteiger partial charge in [-0.05, 0) is 60.7 Å². The van der Waals surface area contributed by atoms with E-state index in [0.717, 1.165) is 5.01 Å². The number of methoxy groups -OCH3 is 1. The Morgan fingerprint density at radius 2 is 1.77 bits per heavy atom. The summed E-state index contributed by atoms with van der Waals surface area (Å²) in [7, 11) is 1.28. The zero-order valence-corrected chi connectivity index (χ0v) is 17.5. The van der Waals surface area contributed by atoms with E-state index in [0.29, 0.717) is 38.4 Å². The lowest BCUT2D eigenvalue weighted by atomic mass is 10.2. The Morgan fingerprint density at radius 1 is 1.03 bits per heavy atom. The van der Waals surface area contributed by atoms with Crippen LogP contribution in [0.5, 0.6) is 0 Å². The van der Waals surface area contributed by atoms with Crippen LogP contribution in [0.4, 0.5) is 5.69 Å². The minimum absolute atomic E-state index is 0.0907. The molecule has 0 aliphatic carbocycles. The molecule has 4 rings (SSSR count). The summed E-state index contributed by atoms with van der Waals surface area (Å²) < 4.78 is 10.4. The van der Waals surface area contributed by atoms with Crippen molar-refractivity contribution in [1.82, 2.24) is 5.43 Å². The number of anilines is 1. The second-order valence-electron chi connectivity index (χ2n) is 6.51. The molecule has 1 N–H and O–H groups in total. The number of carbonyl (C=O) groups excluding carboxylic acids is 3. The van der Waals surface area contributed by atoms with Gasteiger partial charge in [-0.15, -0.1) is 0 Å². The first-order chi connectivity index (χ1) is 14.9. The van der Waals surface area contributed by atoms with Crippen LogP contribution in [0.25, 0.3) is 17.4 Å². The summed E-state index contributed by atoms with van der Waals surface area (Å²) in [6.07, 6.45) is 1.36. The van der Waals surface area contributed by atoms with E-state index < -0.39 is 17.8 Å². The average Bonchev–Trinajstić information content (AvgIpc) is 3.35. The summed E-state index contributed by atoms with van der Waals surface area (Å²) >= 11 is 12.0. The highest BCUT2D eigenvalue weighted by molar-refractivity contribution is 6.42. The number of nitrogens with one attached hydrogen (secondary N) is 1. The molecule has 9 heteroatoms.